The standard InChI is InChI=1S/C18H10ClN.15H2/c1-3-4-5-6-7-8-9-10-11-12-13-14-15-16-18(19)17(2)20;;;;;;;;;;;;;;;/h16-18H,1,20H2,2H3;15*1H/t17-,18+;;;;;;;;;;;;;;;/m0.............../s1. The molecule has 0 saturated heterocycles. The summed E-state index contributed by atoms with van der Waals surface area (Å²) in [6.45, 7) is 5.10. The van der Waals surface area contributed by atoms with Crippen molar-refractivity contribution in [1.29, 1.82) is 0 Å². The average molecular weight is 306 g/mol. The Bertz CT molecular complexity index is 857. The van der Waals surface area contributed by atoms with Crippen molar-refractivity contribution in [3.63, 3.8) is 0 Å². The highest BCUT2D eigenvalue weighted by Gasteiger charge is 2.03. The van der Waals surface area contributed by atoms with E-state index in [9.17, 15) is 0 Å². The van der Waals surface area contributed by atoms with Gasteiger partial charge in [0.1, 0.15) is 0 Å². The van der Waals surface area contributed by atoms with E-state index in [1.807, 2.05) is 0 Å². The van der Waals surface area contributed by atoms with Crippen LogP contribution in [0, 0.1) is 0 Å². The molecular formula is C18H40ClN. The molecule has 0 aliphatic heterocycles. The first kappa shape index (κ1) is 17.1. The van der Waals surface area contributed by atoms with Crippen molar-refractivity contribution >= 4 is 11.6 Å². The van der Waals surface area contributed by atoms with Crippen LogP contribution in [0.25, 0.3) is 0 Å². The van der Waals surface area contributed by atoms with Crippen molar-refractivity contribution in [2.24, 2.45) is 5.73 Å². The molecule has 1 nitrogen and oxygen atoms in total. The maximum atomic E-state index is 5.85. The number of hydrogen-bond acceptors (Lipinski definition) is 1. The van der Waals surface area contributed by atoms with E-state index in [1.54, 1.807) is 13.0 Å². The SMILES string of the molecule is C=C=C=C=C=C=C=C=C=C=C=C=C=C=C[C@@H](Cl)[C@H](C)N.[HH].[HH].[HH].[HH].[HH].[HH].[HH].[HH].[HH].[HH].[HH].[HH].[HH].[HH].[HH]. The lowest BCUT2D eigenvalue weighted by atomic mass is 10.2. The Morgan fingerprint density at radius 2 is 1.30 bits per heavy atom. The summed E-state index contributed by atoms with van der Waals surface area (Å²) < 4.78 is 0. The van der Waals surface area contributed by atoms with Gasteiger partial charge in [0.15, 0.2) is 0 Å². The van der Waals surface area contributed by atoms with Crippen LogP contribution in [0.15, 0.2) is 87.2 Å². The molecular weight excluding hydrogens is 266 g/mol. The summed E-state index contributed by atoms with van der Waals surface area (Å²) in [6, 6.07) is -0.149. The molecule has 20 heavy (non-hydrogen) atoms. The third-order valence-corrected chi connectivity index (χ3v) is 2.05. The smallest absolute Gasteiger partial charge is 0.0744 e. The highest BCUT2D eigenvalue weighted by molar-refractivity contribution is 6.22. The maximum absolute atomic E-state index is 5.85. The van der Waals surface area contributed by atoms with Crippen molar-refractivity contribution in [1.82, 2.24) is 0 Å². The van der Waals surface area contributed by atoms with Crippen molar-refractivity contribution < 1.29 is 21.4 Å². The van der Waals surface area contributed by atoms with Gasteiger partial charge >= 0.3 is 0 Å². The van der Waals surface area contributed by atoms with Crippen LogP contribution in [0.1, 0.15) is 28.3 Å². The van der Waals surface area contributed by atoms with Crippen LogP contribution >= 0.6 is 11.6 Å². The summed E-state index contributed by atoms with van der Waals surface area (Å²) in [5, 5.41) is -0.290. The zero-order valence-electron chi connectivity index (χ0n) is 10.9. The molecule has 0 heterocycles. The minimum absolute atomic E-state index is 0. The lowest BCUT2D eigenvalue weighted by Crippen LogP contribution is -2.24. The molecule has 0 amide bonds. The van der Waals surface area contributed by atoms with Crippen molar-refractivity contribution in [2.75, 3.05) is 0 Å². The second kappa shape index (κ2) is 12.6. The summed E-state index contributed by atoms with van der Waals surface area (Å²) >= 11 is 5.85. The van der Waals surface area contributed by atoms with Gasteiger partial charge in [0.25, 0.3) is 0 Å². The Morgan fingerprint density at radius 3 is 1.70 bits per heavy atom. The van der Waals surface area contributed by atoms with E-state index >= 15 is 0 Å². The molecule has 0 aliphatic carbocycles. The lowest BCUT2D eigenvalue weighted by Gasteiger charge is -2.04. The molecule has 0 fully saturated rings. The molecule has 0 unspecified atom stereocenters. The number of rotatable bonds is 2. The van der Waals surface area contributed by atoms with Crippen molar-refractivity contribution in [2.45, 2.75) is 18.3 Å². The van der Waals surface area contributed by atoms with Gasteiger partial charge in [-0.3, -0.25) is 0 Å². The van der Waals surface area contributed by atoms with Crippen LogP contribution in [-0.2, 0) is 0 Å². The highest BCUT2D eigenvalue weighted by atomic mass is 35.5. The van der Waals surface area contributed by atoms with Crippen molar-refractivity contribution in [3.05, 3.63) is 87.2 Å². The number of nitrogens with two attached hydrogens (primary N) is 1. The molecule has 2 atom stereocenters. The topological polar surface area (TPSA) is 26.0 Å². The van der Waals surface area contributed by atoms with E-state index in [2.05, 4.69) is 81.1 Å². The molecule has 2 N–H and O–H groups in total. The zero-order valence-corrected chi connectivity index (χ0v) is 11.7. The average Bonchev–Trinajstić information content (AvgIpc) is 2.43. The largest absolute Gasteiger partial charge is 0.326 e. The molecule has 0 aliphatic rings. The Kier molecular flexibility index (Phi) is 10.8. The van der Waals surface area contributed by atoms with Crippen LogP contribution in [0.3, 0.4) is 0 Å². The third kappa shape index (κ3) is 11.6. The predicted octanol–water partition coefficient (Wildman–Crippen LogP) is 6.83. The first-order valence-electron chi connectivity index (χ1n) is 5.44. The van der Waals surface area contributed by atoms with Crippen LogP contribution in [0.4, 0.5) is 0 Å². The summed E-state index contributed by atoms with van der Waals surface area (Å²) in [7, 11) is 0. The van der Waals surface area contributed by atoms with E-state index in [-0.39, 0.29) is 32.8 Å². The van der Waals surface area contributed by atoms with Gasteiger partial charge < -0.3 is 5.73 Å². The number of alkyl halides is 1. The van der Waals surface area contributed by atoms with Gasteiger partial charge in [0.2, 0.25) is 0 Å². The lowest BCUT2D eigenvalue weighted by molar-refractivity contribution is 0.765. The van der Waals surface area contributed by atoms with Gasteiger partial charge in [0, 0.05) is 27.4 Å². The second-order valence-electron chi connectivity index (χ2n) is 3.17. The fourth-order valence-corrected chi connectivity index (χ4v) is 0.698. The molecule has 0 spiro atoms. The maximum Gasteiger partial charge on any atom is 0.0744 e. The summed E-state index contributed by atoms with van der Waals surface area (Å²) in [5.41, 5.74) is 38.2. The van der Waals surface area contributed by atoms with E-state index < -0.39 is 0 Å². The quantitative estimate of drug-likeness (QED) is 0.439. The Morgan fingerprint density at radius 1 is 0.900 bits per heavy atom. The molecule has 0 radical (unpaired) electrons. The van der Waals surface area contributed by atoms with Gasteiger partial charge in [0.05, 0.1) is 5.38 Å². The fourth-order valence-electron chi connectivity index (χ4n) is 0.635. The van der Waals surface area contributed by atoms with Crippen LogP contribution < -0.4 is 5.73 Å². The molecule has 0 saturated carbocycles. The van der Waals surface area contributed by atoms with Gasteiger partial charge in [-0.05, 0) is 82.6 Å². The van der Waals surface area contributed by atoms with Crippen LogP contribution in [-0.4, -0.2) is 11.4 Å². The zero-order chi connectivity index (χ0) is 15.1. The predicted molar refractivity (Wildman–Crippen MR) is 111 cm³/mol. The first-order chi connectivity index (χ1) is 9.68. The molecule has 2 heteroatoms. The minimum atomic E-state index is -0.290. The van der Waals surface area contributed by atoms with Gasteiger partial charge in [-0.15, -0.1) is 11.6 Å². The Labute approximate surface area is 145 Å². The number of halogens is 1. The van der Waals surface area contributed by atoms with Gasteiger partial charge in [-0.2, -0.15) is 0 Å². The molecule has 0 bridgehead atoms. The fraction of sp³-hybridized carbons (Fsp3) is 0.167. The molecule has 0 aromatic carbocycles. The van der Waals surface area contributed by atoms with E-state index in [1.165, 1.54) is 0 Å². The van der Waals surface area contributed by atoms with E-state index in [0.717, 1.165) is 0 Å². The highest BCUT2D eigenvalue weighted by Crippen LogP contribution is 1.99. The third-order valence-electron chi connectivity index (χ3n) is 1.53. The van der Waals surface area contributed by atoms with E-state index in [4.69, 9.17) is 17.3 Å². The minimum Gasteiger partial charge on any atom is -0.326 e. The summed E-state index contributed by atoms with van der Waals surface area (Å²) in [5.74, 6) is 0. The summed E-state index contributed by atoms with van der Waals surface area (Å²) in [6.07, 6.45) is 1.59. The monoisotopic (exact) mass is 305 g/mol. The Hall–Kier alpha value is -2.87. The van der Waals surface area contributed by atoms with Crippen LogP contribution in [0.2, 0.25) is 0 Å². The first-order valence-corrected chi connectivity index (χ1v) is 5.87. The molecule has 124 valence electrons. The van der Waals surface area contributed by atoms with E-state index in [0.29, 0.717) is 0 Å². The molecule has 0 aromatic rings. The second-order valence-corrected chi connectivity index (χ2v) is 3.67. The van der Waals surface area contributed by atoms with Gasteiger partial charge in [-0.1, -0.05) is 11.5 Å². The summed E-state index contributed by atoms with van der Waals surface area (Å²) in [4.78, 5) is 0. The normalized spacial score (nSPS) is 8.95. The Balaban J connectivity index is -0.0000000172. The number of hydrogen-bond donors (Lipinski definition) is 1. The molecule has 0 rings (SSSR count). The molecule has 0 aromatic heterocycles. The van der Waals surface area contributed by atoms with Crippen molar-refractivity contribution in [3.8, 4) is 0 Å². The van der Waals surface area contributed by atoms with Gasteiger partial charge in [-0.25, -0.2) is 0 Å². The van der Waals surface area contributed by atoms with Crippen LogP contribution in [0.5, 0.6) is 0 Å².